The summed E-state index contributed by atoms with van der Waals surface area (Å²) in [4.78, 5) is 23.0. The second-order valence-electron chi connectivity index (χ2n) is 3.86. The molecule has 0 aliphatic heterocycles. The Morgan fingerprint density at radius 3 is 2.68 bits per heavy atom. The van der Waals surface area contributed by atoms with E-state index < -0.39 is 0 Å². The lowest BCUT2D eigenvalue weighted by Gasteiger charge is -2.07. The van der Waals surface area contributed by atoms with Crippen molar-refractivity contribution >= 4 is 27.7 Å². The van der Waals surface area contributed by atoms with Gasteiger partial charge in [0.15, 0.2) is 0 Å². The van der Waals surface area contributed by atoms with E-state index in [-0.39, 0.29) is 11.8 Å². The summed E-state index contributed by atoms with van der Waals surface area (Å²) < 4.78 is 5.65. The van der Waals surface area contributed by atoms with Crippen molar-refractivity contribution in [3.8, 4) is 0 Å². The smallest absolute Gasteiger partial charge is 0.251 e. The minimum absolute atomic E-state index is 0.0847. The van der Waals surface area contributed by atoms with Crippen molar-refractivity contribution in [1.82, 2.24) is 10.6 Å². The standard InChI is InChI=1S/C13H17BrN2O3/c1-19-8-5-12(17)15-6-7-16-13(18)10-3-2-4-11(14)9-10/h2-4,9H,5-8H2,1H3,(H,15,17)(H,16,18). The summed E-state index contributed by atoms with van der Waals surface area (Å²) in [6, 6.07) is 7.13. The van der Waals surface area contributed by atoms with E-state index in [0.29, 0.717) is 31.7 Å². The molecule has 0 heterocycles. The zero-order valence-corrected chi connectivity index (χ0v) is 12.3. The van der Waals surface area contributed by atoms with Crippen LogP contribution < -0.4 is 10.6 Å². The van der Waals surface area contributed by atoms with Crippen molar-refractivity contribution in [3.05, 3.63) is 34.3 Å². The lowest BCUT2D eigenvalue weighted by molar-refractivity contribution is -0.121. The molecular weight excluding hydrogens is 312 g/mol. The molecule has 5 nitrogen and oxygen atoms in total. The van der Waals surface area contributed by atoms with Gasteiger partial charge in [0.25, 0.3) is 5.91 Å². The van der Waals surface area contributed by atoms with Crippen LogP contribution >= 0.6 is 15.9 Å². The molecule has 0 spiro atoms. The van der Waals surface area contributed by atoms with E-state index in [1.165, 1.54) is 0 Å². The Bertz CT molecular complexity index is 438. The van der Waals surface area contributed by atoms with Crippen LogP contribution in [0.15, 0.2) is 28.7 Å². The predicted octanol–water partition coefficient (Wildman–Crippen LogP) is 1.33. The number of benzene rings is 1. The Morgan fingerprint density at radius 2 is 2.00 bits per heavy atom. The number of methoxy groups -OCH3 is 1. The van der Waals surface area contributed by atoms with Crippen LogP contribution in [-0.2, 0) is 9.53 Å². The van der Waals surface area contributed by atoms with Gasteiger partial charge in [-0.15, -0.1) is 0 Å². The van der Waals surface area contributed by atoms with Crippen molar-refractivity contribution in [2.75, 3.05) is 26.8 Å². The summed E-state index contributed by atoms with van der Waals surface area (Å²) in [5.41, 5.74) is 0.583. The molecule has 1 aromatic carbocycles. The van der Waals surface area contributed by atoms with Crippen LogP contribution in [0.2, 0.25) is 0 Å². The fraction of sp³-hybridized carbons (Fsp3) is 0.385. The third-order valence-corrected chi connectivity index (χ3v) is 2.85. The zero-order valence-electron chi connectivity index (χ0n) is 10.7. The van der Waals surface area contributed by atoms with Crippen LogP contribution in [0.5, 0.6) is 0 Å². The van der Waals surface area contributed by atoms with Crippen molar-refractivity contribution in [2.45, 2.75) is 6.42 Å². The molecule has 19 heavy (non-hydrogen) atoms. The number of amides is 2. The van der Waals surface area contributed by atoms with E-state index >= 15 is 0 Å². The Balaban J connectivity index is 2.22. The third-order valence-electron chi connectivity index (χ3n) is 2.35. The number of nitrogens with one attached hydrogen (secondary N) is 2. The van der Waals surface area contributed by atoms with Crippen molar-refractivity contribution in [3.63, 3.8) is 0 Å². The summed E-state index contributed by atoms with van der Waals surface area (Å²) in [6.07, 6.45) is 0.329. The van der Waals surface area contributed by atoms with Gasteiger partial charge in [-0.1, -0.05) is 22.0 Å². The molecule has 0 bridgehead atoms. The van der Waals surface area contributed by atoms with Gasteiger partial charge in [0.2, 0.25) is 5.91 Å². The lowest BCUT2D eigenvalue weighted by Crippen LogP contribution is -2.34. The first-order valence-electron chi connectivity index (χ1n) is 5.93. The van der Waals surface area contributed by atoms with Crippen molar-refractivity contribution < 1.29 is 14.3 Å². The fourth-order valence-corrected chi connectivity index (χ4v) is 1.79. The van der Waals surface area contributed by atoms with Gasteiger partial charge in [-0.05, 0) is 18.2 Å². The number of carbonyl (C=O) groups is 2. The summed E-state index contributed by atoms with van der Waals surface area (Å²) in [7, 11) is 1.55. The summed E-state index contributed by atoms with van der Waals surface area (Å²) in [5, 5.41) is 5.42. The van der Waals surface area contributed by atoms with E-state index in [2.05, 4.69) is 26.6 Å². The molecule has 0 aliphatic rings. The second-order valence-corrected chi connectivity index (χ2v) is 4.77. The van der Waals surface area contributed by atoms with Gasteiger partial charge in [0.05, 0.1) is 6.61 Å². The minimum Gasteiger partial charge on any atom is -0.384 e. The zero-order chi connectivity index (χ0) is 14.1. The summed E-state index contributed by atoms with van der Waals surface area (Å²) >= 11 is 3.31. The van der Waals surface area contributed by atoms with E-state index in [9.17, 15) is 9.59 Å². The topological polar surface area (TPSA) is 67.4 Å². The molecule has 0 saturated carbocycles. The SMILES string of the molecule is COCCC(=O)NCCNC(=O)c1cccc(Br)c1. The molecular formula is C13H17BrN2O3. The average molecular weight is 329 g/mol. The minimum atomic E-state index is -0.160. The Hall–Kier alpha value is -1.40. The lowest BCUT2D eigenvalue weighted by atomic mass is 10.2. The maximum atomic E-state index is 11.7. The summed E-state index contributed by atoms with van der Waals surface area (Å²) in [6.45, 7) is 1.20. The molecule has 0 aromatic heterocycles. The highest BCUT2D eigenvalue weighted by Gasteiger charge is 2.05. The Morgan fingerprint density at radius 1 is 1.26 bits per heavy atom. The molecule has 0 radical (unpaired) electrons. The molecule has 0 unspecified atom stereocenters. The normalized spacial score (nSPS) is 10.0. The fourth-order valence-electron chi connectivity index (χ4n) is 1.39. The molecule has 0 atom stereocenters. The van der Waals surface area contributed by atoms with Crippen LogP contribution in [-0.4, -0.2) is 38.6 Å². The maximum Gasteiger partial charge on any atom is 0.251 e. The number of carbonyl (C=O) groups excluding carboxylic acids is 2. The van der Waals surface area contributed by atoms with Gasteiger partial charge in [0.1, 0.15) is 0 Å². The predicted molar refractivity (Wildman–Crippen MR) is 76.0 cm³/mol. The van der Waals surface area contributed by atoms with E-state index in [1.807, 2.05) is 6.07 Å². The Labute approximate surface area is 120 Å². The van der Waals surface area contributed by atoms with Crippen LogP contribution in [0.1, 0.15) is 16.8 Å². The molecule has 104 valence electrons. The quantitative estimate of drug-likeness (QED) is 0.742. The van der Waals surface area contributed by atoms with Gasteiger partial charge in [-0.25, -0.2) is 0 Å². The highest BCUT2D eigenvalue weighted by Crippen LogP contribution is 2.11. The average Bonchev–Trinajstić information content (AvgIpc) is 2.41. The first-order valence-corrected chi connectivity index (χ1v) is 6.72. The van der Waals surface area contributed by atoms with Crippen molar-refractivity contribution in [1.29, 1.82) is 0 Å². The van der Waals surface area contributed by atoms with Crippen LogP contribution in [0.4, 0.5) is 0 Å². The van der Waals surface area contributed by atoms with Crippen LogP contribution in [0.25, 0.3) is 0 Å². The molecule has 0 aliphatic carbocycles. The number of halogens is 1. The molecule has 1 rings (SSSR count). The molecule has 0 saturated heterocycles. The molecule has 2 amide bonds. The second kappa shape index (κ2) is 8.66. The number of ether oxygens (including phenoxy) is 1. The molecule has 6 heteroatoms. The van der Waals surface area contributed by atoms with Gasteiger partial charge in [-0.2, -0.15) is 0 Å². The van der Waals surface area contributed by atoms with Gasteiger partial charge in [-0.3, -0.25) is 9.59 Å². The first kappa shape index (κ1) is 15.7. The monoisotopic (exact) mass is 328 g/mol. The molecule has 1 aromatic rings. The largest absolute Gasteiger partial charge is 0.384 e. The van der Waals surface area contributed by atoms with Crippen LogP contribution in [0.3, 0.4) is 0 Å². The summed E-state index contributed by atoms with van der Waals surface area (Å²) in [5.74, 6) is -0.244. The van der Waals surface area contributed by atoms with Crippen LogP contribution in [0, 0.1) is 0 Å². The highest BCUT2D eigenvalue weighted by molar-refractivity contribution is 9.10. The Kier molecular flexibility index (Phi) is 7.14. The van der Waals surface area contributed by atoms with Crippen molar-refractivity contribution in [2.24, 2.45) is 0 Å². The highest BCUT2D eigenvalue weighted by atomic mass is 79.9. The number of hydrogen-bond donors (Lipinski definition) is 2. The van der Waals surface area contributed by atoms with E-state index in [4.69, 9.17) is 4.74 Å². The molecule has 2 N–H and O–H groups in total. The van der Waals surface area contributed by atoms with E-state index in [0.717, 1.165) is 4.47 Å². The molecule has 0 fully saturated rings. The first-order chi connectivity index (χ1) is 9.13. The van der Waals surface area contributed by atoms with Gasteiger partial charge < -0.3 is 15.4 Å². The third kappa shape index (κ3) is 6.35. The van der Waals surface area contributed by atoms with Gasteiger partial charge in [0, 0.05) is 36.7 Å². The number of hydrogen-bond acceptors (Lipinski definition) is 3. The maximum absolute atomic E-state index is 11.7. The number of rotatable bonds is 7. The van der Waals surface area contributed by atoms with Gasteiger partial charge >= 0.3 is 0 Å². The van der Waals surface area contributed by atoms with E-state index in [1.54, 1.807) is 25.3 Å².